The third-order valence-electron chi connectivity index (χ3n) is 2.74. The molecular formula is C13H14N2O2S. The largest absolute Gasteiger partial charge is 0.478 e. The number of hydrogen-bond acceptors (Lipinski definition) is 4. The number of aromatic nitrogens is 1. The molecule has 1 aromatic carbocycles. The minimum absolute atomic E-state index is 0.318. The van der Waals surface area contributed by atoms with Crippen molar-refractivity contribution in [1.82, 2.24) is 4.98 Å². The lowest BCUT2D eigenvalue weighted by Crippen LogP contribution is -2.17. The molecule has 2 aromatic rings. The minimum atomic E-state index is -0.896. The fourth-order valence-corrected chi connectivity index (χ4v) is 2.41. The van der Waals surface area contributed by atoms with Gasteiger partial charge >= 0.3 is 5.97 Å². The smallest absolute Gasteiger partial charge is 0.335 e. The van der Waals surface area contributed by atoms with E-state index in [0.29, 0.717) is 5.56 Å². The topological polar surface area (TPSA) is 53.4 Å². The number of benzene rings is 1. The standard InChI is InChI=1S/C13H14N2O2S/c1-9-5-10(13(16)17)3-4-12(9)15(2)6-11-7-18-8-14-11/h3-5,7-8H,6H2,1-2H3,(H,16,17). The molecule has 0 radical (unpaired) electrons. The highest BCUT2D eigenvalue weighted by Crippen LogP contribution is 2.21. The number of carbonyl (C=O) groups is 1. The van der Waals surface area contributed by atoms with Gasteiger partial charge in [-0.1, -0.05) is 0 Å². The van der Waals surface area contributed by atoms with E-state index in [-0.39, 0.29) is 0 Å². The second kappa shape index (κ2) is 5.18. The third-order valence-corrected chi connectivity index (χ3v) is 3.37. The lowest BCUT2D eigenvalue weighted by atomic mass is 10.1. The van der Waals surface area contributed by atoms with Gasteiger partial charge in [0.15, 0.2) is 0 Å². The van der Waals surface area contributed by atoms with Gasteiger partial charge in [-0.05, 0) is 30.7 Å². The number of anilines is 1. The molecule has 0 saturated heterocycles. The molecule has 1 N–H and O–H groups in total. The molecular weight excluding hydrogens is 248 g/mol. The Morgan fingerprint density at radius 2 is 2.28 bits per heavy atom. The Kier molecular flexibility index (Phi) is 3.62. The Balaban J connectivity index is 2.20. The van der Waals surface area contributed by atoms with Crippen molar-refractivity contribution in [1.29, 1.82) is 0 Å². The first-order valence-corrected chi connectivity index (χ1v) is 6.44. The van der Waals surface area contributed by atoms with Crippen LogP contribution in [0.25, 0.3) is 0 Å². The first-order valence-electron chi connectivity index (χ1n) is 5.50. The van der Waals surface area contributed by atoms with Crippen LogP contribution < -0.4 is 4.90 Å². The summed E-state index contributed by atoms with van der Waals surface area (Å²) in [6, 6.07) is 5.16. The normalized spacial score (nSPS) is 10.3. The van der Waals surface area contributed by atoms with Crippen molar-refractivity contribution in [2.75, 3.05) is 11.9 Å². The predicted octanol–water partition coefficient (Wildman–Crippen LogP) is 2.79. The molecule has 0 unspecified atom stereocenters. The van der Waals surface area contributed by atoms with Crippen molar-refractivity contribution in [2.45, 2.75) is 13.5 Å². The Labute approximate surface area is 110 Å². The summed E-state index contributed by atoms with van der Waals surface area (Å²) in [5.74, 6) is -0.896. The maximum absolute atomic E-state index is 10.9. The van der Waals surface area contributed by atoms with E-state index in [4.69, 9.17) is 5.11 Å². The molecule has 0 spiro atoms. The van der Waals surface area contributed by atoms with Gasteiger partial charge in [0.25, 0.3) is 0 Å². The molecule has 2 rings (SSSR count). The summed E-state index contributed by atoms with van der Waals surface area (Å²) in [6.45, 7) is 2.63. The number of carboxylic acid groups (broad SMARTS) is 1. The van der Waals surface area contributed by atoms with Crippen molar-refractivity contribution in [3.63, 3.8) is 0 Å². The highest BCUT2D eigenvalue weighted by Gasteiger charge is 2.09. The molecule has 18 heavy (non-hydrogen) atoms. The quantitative estimate of drug-likeness (QED) is 0.920. The van der Waals surface area contributed by atoms with Crippen LogP contribution in [0.3, 0.4) is 0 Å². The molecule has 0 aliphatic rings. The summed E-state index contributed by atoms with van der Waals surface area (Å²) in [5, 5.41) is 10.9. The van der Waals surface area contributed by atoms with E-state index in [1.54, 1.807) is 23.5 Å². The lowest BCUT2D eigenvalue weighted by Gasteiger charge is -2.20. The van der Waals surface area contributed by atoms with E-state index in [2.05, 4.69) is 9.88 Å². The fourth-order valence-electron chi connectivity index (χ4n) is 1.86. The van der Waals surface area contributed by atoms with Gasteiger partial charge in [-0.15, -0.1) is 11.3 Å². The summed E-state index contributed by atoms with van der Waals surface area (Å²) in [4.78, 5) is 17.2. The van der Waals surface area contributed by atoms with Crippen LogP contribution in [0.5, 0.6) is 0 Å². The van der Waals surface area contributed by atoms with Crippen LogP contribution in [-0.4, -0.2) is 23.1 Å². The van der Waals surface area contributed by atoms with Crippen LogP contribution in [0, 0.1) is 6.92 Å². The van der Waals surface area contributed by atoms with Gasteiger partial charge in [0.05, 0.1) is 23.3 Å². The maximum Gasteiger partial charge on any atom is 0.335 e. The fraction of sp³-hybridized carbons (Fsp3) is 0.231. The van der Waals surface area contributed by atoms with E-state index in [1.165, 1.54) is 0 Å². The number of hydrogen-bond donors (Lipinski definition) is 1. The van der Waals surface area contributed by atoms with Crippen molar-refractivity contribution >= 4 is 23.0 Å². The summed E-state index contributed by atoms with van der Waals surface area (Å²) in [7, 11) is 1.97. The third kappa shape index (κ3) is 2.68. The van der Waals surface area contributed by atoms with E-state index in [9.17, 15) is 4.79 Å². The number of carboxylic acids is 1. The van der Waals surface area contributed by atoms with Crippen LogP contribution in [0.1, 0.15) is 21.6 Å². The number of nitrogens with zero attached hydrogens (tertiary/aromatic N) is 2. The van der Waals surface area contributed by atoms with Crippen molar-refractivity contribution in [2.24, 2.45) is 0 Å². The van der Waals surface area contributed by atoms with Gasteiger partial charge < -0.3 is 10.0 Å². The van der Waals surface area contributed by atoms with E-state index >= 15 is 0 Å². The van der Waals surface area contributed by atoms with Crippen LogP contribution in [0.2, 0.25) is 0 Å². The van der Waals surface area contributed by atoms with Crippen molar-refractivity contribution in [3.8, 4) is 0 Å². The average molecular weight is 262 g/mol. The summed E-state index contributed by atoms with van der Waals surface area (Å²) >= 11 is 1.57. The number of thiazole rings is 1. The monoisotopic (exact) mass is 262 g/mol. The number of aryl methyl sites for hydroxylation is 1. The van der Waals surface area contributed by atoms with Crippen LogP contribution in [0.4, 0.5) is 5.69 Å². The molecule has 0 amide bonds. The van der Waals surface area contributed by atoms with Gasteiger partial charge in [-0.3, -0.25) is 0 Å². The Hall–Kier alpha value is -1.88. The van der Waals surface area contributed by atoms with E-state index < -0.39 is 5.97 Å². The zero-order chi connectivity index (χ0) is 13.1. The van der Waals surface area contributed by atoms with Gasteiger partial charge in [0.2, 0.25) is 0 Å². The SMILES string of the molecule is Cc1cc(C(=O)O)ccc1N(C)Cc1cscn1. The minimum Gasteiger partial charge on any atom is -0.478 e. The molecule has 0 fully saturated rings. The van der Waals surface area contributed by atoms with Gasteiger partial charge in [0, 0.05) is 18.1 Å². The number of aromatic carboxylic acids is 1. The van der Waals surface area contributed by atoms with Gasteiger partial charge in [-0.25, -0.2) is 9.78 Å². The molecule has 0 bridgehead atoms. The van der Waals surface area contributed by atoms with E-state index in [1.807, 2.05) is 30.9 Å². The zero-order valence-corrected chi connectivity index (χ0v) is 11.1. The molecule has 4 nitrogen and oxygen atoms in total. The molecule has 1 aromatic heterocycles. The molecule has 0 atom stereocenters. The second-order valence-corrected chi connectivity index (χ2v) is 4.86. The highest BCUT2D eigenvalue weighted by atomic mass is 32.1. The average Bonchev–Trinajstić information content (AvgIpc) is 2.81. The molecule has 5 heteroatoms. The van der Waals surface area contributed by atoms with Crippen LogP contribution in [0.15, 0.2) is 29.1 Å². The molecule has 94 valence electrons. The Morgan fingerprint density at radius 3 is 2.83 bits per heavy atom. The molecule has 0 saturated carbocycles. The molecule has 0 aliphatic heterocycles. The first kappa shape index (κ1) is 12.6. The van der Waals surface area contributed by atoms with Gasteiger partial charge in [-0.2, -0.15) is 0 Å². The second-order valence-electron chi connectivity index (χ2n) is 4.14. The zero-order valence-electron chi connectivity index (χ0n) is 10.3. The first-order chi connectivity index (χ1) is 8.58. The number of rotatable bonds is 4. The maximum atomic E-state index is 10.9. The van der Waals surface area contributed by atoms with Crippen molar-refractivity contribution < 1.29 is 9.90 Å². The summed E-state index contributed by atoms with van der Waals surface area (Å²) in [6.07, 6.45) is 0. The lowest BCUT2D eigenvalue weighted by molar-refractivity contribution is 0.0697. The highest BCUT2D eigenvalue weighted by molar-refractivity contribution is 7.07. The summed E-state index contributed by atoms with van der Waals surface area (Å²) < 4.78 is 0. The van der Waals surface area contributed by atoms with Crippen LogP contribution >= 0.6 is 11.3 Å². The van der Waals surface area contributed by atoms with Gasteiger partial charge in [0.1, 0.15) is 0 Å². The molecule has 1 heterocycles. The predicted molar refractivity (Wildman–Crippen MR) is 72.4 cm³/mol. The van der Waals surface area contributed by atoms with Crippen LogP contribution in [-0.2, 0) is 6.54 Å². The van der Waals surface area contributed by atoms with E-state index in [0.717, 1.165) is 23.5 Å². The Morgan fingerprint density at radius 1 is 1.50 bits per heavy atom. The molecule has 0 aliphatic carbocycles. The summed E-state index contributed by atoms with van der Waals surface area (Å²) in [5.41, 5.74) is 5.12. The van der Waals surface area contributed by atoms with Crippen molar-refractivity contribution in [3.05, 3.63) is 45.9 Å². The Bertz CT molecular complexity index is 552.